The molecule has 1 fully saturated rings. The van der Waals surface area contributed by atoms with E-state index in [1.165, 1.54) is 6.33 Å². The van der Waals surface area contributed by atoms with E-state index in [4.69, 9.17) is 11.6 Å². The van der Waals surface area contributed by atoms with Crippen molar-refractivity contribution in [3.8, 4) is 0 Å². The maximum atomic E-state index is 11.2. The van der Waals surface area contributed by atoms with Gasteiger partial charge in [-0.1, -0.05) is 0 Å². The van der Waals surface area contributed by atoms with E-state index < -0.39 is 0 Å². The molecule has 6 heteroatoms. The highest BCUT2D eigenvalue weighted by Crippen LogP contribution is 2.40. The van der Waals surface area contributed by atoms with Crippen molar-refractivity contribution >= 4 is 33.3 Å². The second-order valence-corrected chi connectivity index (χ2v) is 4.49. The van der Waals surface area contributed by atoms with Gasteiger partial charge in [0.05, 0.1) is 11.9 Å². The minimum absolute atomic E-state index is 0.0507. The van der Waals surface area contributed by atoms with Gasteiger partial charge in [0.15, 0.2) is 0 Å². The third-order valence-electron chi connectivity index (χ3n) is 2.29. The van der Waals surface area contributed by atoms with Crippen molar-refractivity contribution in [1.82, 2.24) is 9.97 Å². The van der Waals surface area contributed by atoms with Crippen molar-refractivity contribution < 1.29 is 0 Å². The molecular formula is C8H9BrClN3O. The van der Waals surface area contributed by atoms with E-state index in [0.717, 1.165) is 12.8 Å². The summed E-state index contributed by atoms with van der Waals surface area (Å²) in [6.07, 6.45) is 3.43. The van der Waals surface area contributed by atoms with Gasteiger partial charge in [-0.25, -0.2) is 4.98 Å². The lowest BCUT2D eigenvalue weighted by Gasteiger charge is -2.14. The first-order valence-electron chi connectivity index (χ1n) is 4.24. The number of alkyl halides is 1. The van der Waals surface area contributed by atoms with Gasteiger partial charge < -0.3 is 10.3 Å². The summed E-state index contributed by atoms with van der Waals surface area (Å²) in [5.74, 6) is 1.10. The SMILES string of the molecule is O=c1[nH]cnc(NC2(CCl)CC2)c1Br. The molecule has 0 aromatic carbocycles. The largest absolute Gasteiger partial charge is 0.362 e. The number of nitrogens with one attached hydrogen (secondary N) is 2. The highest BCUT2D eigenvalue weighted by atomic mass is 79.9. The first kappa shape index (κ1) is 9.98. The predicted molar refractivity (Wildman–Crippen MR) is 58.9 cm³/mol. The van der Waals surface area contributed by atoms with Gasteiger partial charge in [0.1, 0.15) is 10.3 Å². The third-order valence-corrected chi connectivity index (χ3v) is 3.54. The average Bonchev–Trinajstić information content (AvgIpc) is 2.94. The second-order valence-electron chi connectivity index (χ2n) is 3.43. The van der Waals surface area contributed by atoms with Gasteiger partial charge in [-0.3, -0.25) is 4.79 Å². The number of anilines is 1. The van der Waals surface area contributed by atoms with Crippen LogP contribution in [0.25, 0.3) is 0 Å². The third kappa shape index (κ3) is 1.79. The molecule has 0 bridgehead atoms. The van der Waals surface area contributed by atoms with Gasteiger partial charge in [0.2, 0.25) is 0 Å². The molecule has 0 radical (unpaired) electrons. The smallest absolute Gasteiger partial charge is 0.267 e. The summed E-state index contributed by atoms with van der Waals surface area (Å²) in [5, 5.41) is 3.18. The Morgan fingerprint density at radius 2 is 2.43 bits per heavy atom. The van der Waals surface area contributed by atoms with E-state index >= 15 is 0 Å². The van der Waals surface area contributed by atoms with Crippen LogP contribution in [0, 0.1) is 0 Å². The fourth-order valence-corrected chi connectivity index (χ4v) is 1.81. The van der Waals surface area contributed by atoms with Crippen molar-refractivity contribution in [1.29, 1.82) is 0 Å². The molecule has 14 heavy (non-hydrogen) atoms. The maximum Gasteiger partial charge on any atom is 0.267 e. The highest BCUT2D eigenvalue weighted by Gasteiger charge is 2.42. The predicted octanol–water partition coefficient (Wildman–Crippen LogP) is 1.72. The molecule has 0 saturated heterocycles. The summed E-state index contributed by atoms with van der Waals surface area (Å²) in [4.78, 5) is 17.7. The van der Waals surface area contributed by atoms with Crippen LogP contribution in [0.15, 0.2) is 15.6 Å². The van der Waals surface area contributed by atoms with Crippen LogP contribution in [0.1, 0.15) is 12.8 Å². The van der Waals surface area contributed by atoms with E-state index in [1.54, 1.807) is 0 Å². The Kier molecular flexibility index (Phi) is 2.53. The van der Waals surface area contributed by atoms with Crippen LogP contribution in [0.3, 0.4) is 0 Å². The summed E-state index contributed by atoms with van der Waals surface area (Å²) < 4.78 is 0.427. The zero-order chi connectivity index (χ0) is 10.2. The summed E-state index contributed by atoms with van der Waals surface area (Å²) in [6, 6.07) is 0. The zero-order valence-corrected chi connectivity index (χ0v) is 9.65. The molecule has 0 amide bonds. The van der Waals surface area contributed by atoms with Gasteiger partial charge in [0, 0.05) is 5.88 Å². The van der Waals surface area contributed by atoms with Crippen molar-refractivity contribution in [3.05, 3.63) is 21.2 Å². The Bertz CT molecular complexity index is 402. The van der Waals surface area contributed by atoms with Crippen LogP contribution in [0.4, 0.5) is 5.82 Å². The molecule has 1 aliphatic rings. The molecule has 0 spiro atoms. The molecule has 76 valence electrons. The molecular weight excluding hydrogens is 269 g/mol. The summed E-state index contributed by atoms with van der Waals surface area (Å²) >= 11 is 8.98. The van der Waals surface area contributed by atoms with Gasteiger partial charge in [0.25, 0.3) is 5.56 Å². The molecule has 0 atom stereocenters. The Morgan fingerprint density at radius 1 is 1.71 bits per heavy atom. The zero-order valence-electron chi connectivity index (χ0n) is 7.31. The van der Waals surface area contributed by atoms with E-state index in [0.29, 0.717) is 16.2 Å². The fourth-order valence-electron chi connectivity index (χ4n) is 1.16. The lowest BCUT2D eigenvalue weighted by Crippen LogP contribution is -2.25. The van der Waals surface area contributed by atoms with Gasteiger partial charge in [-0.2, -0.15) is 0 Å². The molecule has 0 aliphatic heterocycles. The van der Waals surface area contributed by atoms with Crippen molar-refractivity contribution in [2.45, 2.75) is 18.4 Å². The highest BCUT2D eigenvalue weighted by molar-refractivity contribution is 9.10. The Balaban J connectivity index is 2.25. The number of rotatable bonds is 3. The number of hydrogen-bond donors (Lipinski definition) is 2. The first-order chi connectivity index (χ1) is 6.67. The second kappa shape index (κ2) is 3.55. The number of aromatic amines is 1. The molecule has 2 N–H and O–H groups in total. The Labute approximate surface area is 94.2 Å². The van der Waals surface area contributed by atoms with E-state index in [9.17, 15) is 4.79 Å². The summed E-state index contributed by atoms with van der Waals surface area (Å²) in [7, 11) is 0. The average molecular weight is 279 g/mol. The Hall–Kier alpha value is -0.550. The number of H-pyrrole nitrogens is 1. The van der Waals surface area contributed by atoms with E-state index in [-0.39, 0.29) is 11.1 Å². The lowest BCUT2D eigenvalue weighted by atomic mass is 10.3. The van der Waals surface area contributed by atoms with Gasteiger partial charge in [-0.05, 0) is 28.8 Å². The molecule has 1 aromatic rings. The molecule has 2 rings (SSSR count). The maximum absolute atomic E-state index is 11.2. The number of aromatic nitrogens is 2. The van der Waals surface area contributed by atoms with E-state index in [2.05, 4.69) is 31.2 Å². The fraction of sp³-hybridized carbons (Fsp3) is 0.500. The van der Waals surface area contributed by atoms with Gasteiger partial charge >= 0.3 is 0 Å². The standard InChI is InChI=1S/C8H9BrClN3O/c9-5-6(11-4-12-7(5)14)13-8(3-10)1-2-8/h4H,1-3H2,(H2,11,12,13,14). The van der Waals surface area contributed by atoms with Crippen molar-refractivity contribution in [3.63, 3.8) is 0 Å². The minimum atomic E-state index is -0.187. The van der Waals surface area contributed by atoms with Gasteiger partial charge in [-0.15, -0.1) is 11.6 Å². The van der Waals surface area contributed by atoms with Crippen molar-refractivity contribution in [2.75, 3.05) is 11.2 Å². The molecule has 1 aliphatic carbocycles. The van der Waals surface area contributed by atoms with Crippen LogP contribution < -0.4 is 10.9 Å². The molecule has 1 heterocycles. The van der Waals surface area contributed by atoms with Crippen LogP contribution in [-0.4, -0.2) is 21.4 Å². The number of hydrogen-bond acceptors (Lipinski definition) is 3. The summed E-state index contributed by atoms with van der Waals surface area (Å²) in [6.45, 7) is 0. The lowest BCUT2D eigenvalue weighted by molar-refractivity contribution is 0.824. The first-order valence-corrected chi connectivity index (χ1v) is 5.57. The number of nitrogens with zero attached hydrogens (tertiary/aromatic N) is 1. The molecule has 1 aromatic heterocycles. The molecule has 1 saturated carbocycles. The minimum Gasteiger partial charge on any atom is -0.362 e. The molecule has 4 nitrogen and oxygen atoms in total. The van der Waals surface area contributed by atoms with Crippen LogP contribution in [0.5, 0.6) is 0 Å². The van der Waals surface area contributed by atoms with Crippen LogP contribution >= 0.6 is 27.5 Å². The van der Waals surface area contributed by atoms with Crippen LogP contribution in [0.2, 0.25) is 0 Å². The monoisotopic (exact) mass is 277 g/mol. The van der Waals surface area contributed by atoms with E-state index in [1.807, 2.05) is 0 Å². The number of halogens is 2. The Morgan fingerprint density at radius 3 is 3.00 bits per heavy atom. The summed E-state index contributed by atoms with van der Waals surface area (Å²) in [5.41, 5.74) is -0.238. The quantitative estimate of drug-likeness (QED) is 0.828. The van der Waals surface area contributed by atoms with Crippen LogP contribution in [-0.2, 0) is 0 Å². The molecule has 0 unspecified atom stereocenters. The topological polar surface area (TPSA) is 57.8 Å². The normalized spacial score (nSPS) is 17.9. The van der Waals surface area contributed by atoms with Crippen molar-refractivity contribution in [2.24, 2.45) is 0 Å².